The first-order chi connectivity index (χ1) is 10.3. The molecule has 1 aliphatic heterocycles. The molecule has 1 aromatic carbocycles. The topological polar surface area (TPSA) is 49.0 Å². The second-order valence-corrected chi connectivity index (χ2v) is 5.36. The summed E-state index contributed by atoms with van der Waals surface area (Å²) in [7, 11) is 0. The predicted molar refractivity (Wildman–Crippen MR) is 81.0 cm³/mol. The molecule has 3 aromatic rings. The van der Waals surface area contributed by atoms with Crippen LogP contribution in [0.1, 0.15) is 21.6 Å². The van der Waals surface area contributed by atoms with E-state index >= 15 is 0 Å². The molecule has 104 valence electrons. The number of amides is 1. The van der Waals surface area contributed by atoms with Crippen molar-refractivity contribution < 1.29 is 4.79 Å². The largest absolute Gasteiger partial charge is 0.357 e. The third kappa shape index (κ3) is 2.09. The number of hydrogen-bond acceptors (Lipinski definition) is 2. The highest BCUT2D eigenvalue weighted by Gasteiger charge is 2.26. The van der Waals surface area contributed by atoms with Gasteiger partial charge in [0, 0.05) is 37.0 Å². The number of benzene rings is 1. The summed E-state index contributed by atoms with van der Waals surface area (Å²) in [6.07, 6.45) is 2.61. The SMILES string of the molecule is O=C1c2ccccc2CN1CCc1cc2ncccc2[nH]1. The Morgan fingerprint density at radius 1 is 1.19 bits per heavy atom. The predicted octanol–water partition coefficient (Wildman–Crippen LogP) is 2.76. The van der Waals surface area contributed by atoms with Crippen LogP contribution in [0.25, 0.3) is 11.0 Å². The summed E-state index contributed by atoms with van der Waals surface area (Å²) in [4.78, 5) is 21.9. The number of hydrogen-bond donors (Lipinski definition) is 1. The number of nitrogens with one attached hydrogen (secondary N) is 1. The van der Waals surface area contributed by atoms with Crippen LogP contribution in [-0.2, 0) is 13.0 Å². The minimum absolute atomic E-state index is 0.139. The molecule has 1 amide bonds. The third-order valence-electron chi connectivity index (χ3n) is 3.99. The number of pyridine rings is 1. The maximum absolute atomic E-state index is 12.3. The lowest BCUT2D eigenvalue weighted by atomic mass is 10.1. The fourth-order valence-corrected chi connectivity index (χ4v) is 2.90. The van der Waals surface area contributed by atoms with Crippen molar-refractivity contribution in [1.29, 1.82) is 0 Å². The zero-order valence-electron chi connectivity index (χ0n) is 11.5. The molecule has 0 radical (unpaired) electrons. The molecule has 2 aromatic heterocycles. The fourth-order valence-electron chi connectivity index (χ4n) is 2.90. The number of fused-ring (bicyclic) bond motifs is 2. The van der Waals surface area contributed by atoms with E-state index in [9.17, 15) is 4.79 Å². The van der Waals surface area contributed by atoms with Crippen LogP contribution in [0.5, 0.6) is 0 Å². The van der Waals surface area contributed by atoms with E-state index in [-0.39, 0.29) is 5.91 Å². The van der Waals surface area contributed by atoms with E-state index in [1.54, 1.807) is 6.20 Å². The molecule has 4 heteroatoms. The number of aromatic nitrogens is 2. The van der Waals surface area contributed by atoms with E-state index in [1.165, 1.54) is 0 Å². The first-order valence-corrected chi connectivity index (χ1v) is 7.11. The van der Waals surface area contributed by atoms with Crippen molar-refractivity contribution in [2.24, 2.45) is 0 Å². The molecule has 0 saturated heterocycles. The molecule has 0 unspecified atom stereocenters. The van der Waals surface area contributed by atoms with Crippen LogP contribution in [-0.4, -0.2) is 27.3 Å². The number of H-pyrrole nitrogens is 1. The summed E-state index contributed by atoms with van der Waals surface area (Å²) >= 11 is 0. The van der Waals surface area contributed by atoms with Crippen molar-refractivity contribution in [2.75, 3.05) is 6.54 Å². The molecule has 1 aliphatic rings. The molecule has 0 spiro atoms. The van der Waals surface area contributed by atoms with Gasteiger partial charge in [-0.1, -0.05) is 18.2 Å². The molecule has 4 rings (SSSR count). The van der Waals surface area contributed by atoms with E-state index in [0.29, 0.717) is 6.54 Å². The Kier molecular flexibility index (Phi) is 2.74. The average Bonchev–Trinajstić information content (AvgIpc) is 3.07. The first kappa shape index (κ1) is 12.1. The Morgan fingerprint density at radius 3 is 2.95 bits per heavy atom. The van der Waals surface area contributed by atoms with Gasteiger partial charge in [-0.15, -0.1) is 0 Å². The van der Waals surface area contributed by atoms with Gasteiger partial charge in [0.05, 0.1) is 11.0 Å². The van der Waals surface area contributed by atoms with Crippen LogP contribution < -0.4 is 0 Å². The molecule has 0 fully saturated rings. The molecule has 0 saturated carbocycles. The Balaban J connectivity index is 1.49. The number of aromatic amines is 1. The smallest absolute Gasteiger partial charge is 0.254 e. The lowest BCUT2D eigenvalue weighted by Crippen LogP contribution is -2.26. The summed E-state index contributed by atoms with van der Waals surface area (Å²) in [6, 6.07) is 13.8. The molecule has 0 atom stereocenters. The van der Waals surface area contributed by atoms with Gasteiger partial charge in [0.25, 0.3) is 5.91 Å². The van der Waals surface area contributed by atoms with Crippen LogP contribution >= 0.6 is 0 Å². The number of carbonyl (C=O) groups is 1. The van der Waals surface area contributed by atoms with Gasteiger partial charge < -0.3 is 9.88 Å². The molecule has 3 heterocycles. The lowest BCUT2D eigenvalue weighted by molar-refractivity contribution is 0.0780. The Morgan fingerprint density at radius 2 is 2.10 bits per heavy atom. The molecular formula is C17H15N3O. The van der Waals surface area contributed by atoms with Crippen molar-refractivity contribution in [3.05, 3.63) is 65.5 Å². The zero-order chi connectivity index (χ0) is 14.2. The molecule has 1 N–H and O–H groups in total. The van der Waals surface area contributed by atoms with Crippen LogP contribution in [0.4, 0.5) is 0 Å². The maximum atomic E-state index is 12.3. The van der Waals surface area contributed by atoms with Gasteiger partial charge in [-0.3, -0.25) is 9.78 Å². The Hall–Kier alpha value is -2.62. The average molecular weight is 277 g/mol. The van der Waals surface area contributed by atoms with Crippen LogP contribution in [0.15, 0.2) is 48.7 Å². The van der Waals surface area contributed by atoms with E-state index in [4.69, 9.17) is 0 Å². The van der Waals surface area contributed by atoms with Crippen LogP contribution in [0.2, 0.25) is 0 Å². The van der Waals surface area contributed by atoms with Gasteiger partial charge in [-0.05, 0) is 29.8 Å². The summed E-state index contributed by atoms with van der Waals surface area (Å²) in [5.41, 5.74) is 5.11. The van der Waals surface area contributed by atoms with Gasteiger partial charge in [0.15, 0.2) is 0 Å². The standard InChI is InChI=1S/C17H15N3O/c21-17-14-5-2-1-4-12(14)11-20(17)9-7-13-10-16-15(19-13)6-3-8-18-16/h1-6,8,10,19H,7,9,11H2. The maximum Gasteiger partial charge on any atom is 0.254 e. The minimum Gasteiger partial charge on any atom is -0.357 e. The number of rotatable bonds is 3. The molecule has 0 aliphatic carbocycles. The minimum atomic E-state index is 0.139. The molecular weight excluding hydrogens is 262 g/mol. The van der Waals surface area contributed by atoms with Crippen molar-refractivity contribution in [3.8, 4) is 0 Å². The number of nitrogens with zero attached hydrogens (tertiary/aromatic N) is 2. The highest BCUT2D eigenvalue weighted by Crippen LogP contribution is 2.22. The lowest BCUT2D eigenvalue weighted by Gasteiger charge is -2.14. The normalized spacial score (nSPS) is 13.9. The molecule has 4 nitrogen and oxygen atoms in total. The van der Waals surface area contributed by atoms with E-state index < -0.39 is 0 Å². The molecule has 0 bridgehead atoms. The quantitative estimate of drug-likeness (QED) is 0.800. The first-order valence-electron chi connectivity index (χ1n) is 7.11. The van der Waals surface area contributed by atoms with Gasteiger partial charge in [-0.2, -0.15) is 0 Å². The highest BCUT2D eigenvalue weighted by atomic mass is 16.2. The van der Waals surface area contributed by atoms with Crippen molar-refractivity contribution in [1.82, 2.24) is 14.9 Å². The summed E-state index contributed by atoms with van der Waals surface area (Å²) < 4.78 is 0. The van der Waals surface area contributed by atoms with Crippen molar-refractivity contribution in [3.63, 3.8) is 0 Å². The van der Waals surface area contributed by atoms with Gasteiger partial charge in [0.2, 0.25) is 0 Å². The Bertz CT molecular complexity index is 789. The van der Waals surface area contributed by atoms with Gasteiger partial charge in [0.1, 0.15) is 0 Å². The Labute approximate surface area is 122 Å². The van der Waals surface area contributed by atoms with Gasteiger partial charge >= 0.3 is 0 Å². The van der Waals surface area contributed by atoms with E-state index in [2.05, 4.69) is 16.0 Å². The van der Waals surface area contributed by atoms with Crippen LogP contribution in [0.3, 0.4) is 0 Å². The number of carbonyl (C=O) groups excluding carboxylic acids is 1. The second-order valence-electron chi connectivity index (χ2n) is 5.36. The monoisotopic (exact) mass is 277 g/mol. The molecule has 21 heavy (non-hydrogen) atoms. The van der Waals surface area contributed by atoms with E-state index in [1.807, 2.05) is 41.3 Å². The summed E-state index contributed by atoms with van der Waals surface area (Å²) in [5, 5.41) is 0. The zero-order valence-corrected chi connectivity index (χ0v) is 11.5. The second kappa shape index (κ2) is 4.74. The van der Waals surface area contributed by atoms with Crippen molar-refractivity contribution >= 4 is 16.9 Å². The summed E-state index contributed by atoms with van der Waals surface area (Å²) in [6.45, 7) is 1.44. The van der Waals surface area contributed by atoms with Crippen LogP contribution in [0, 0.1) is 0 Å². The highest BCUT2D eigenvalue weighted by molar-refractivity contribution is 5.98. The van der Waals surface area contributed by atoms with Gasteiger partial charge in [-0.25, -0.2) is 0 Å². The van der Waals surface area contributed by atoms with Crippen molar-refractivity contribution in [2.45, 2.75) is 13.0 Å². The van der Waals surface area contributed by atoms with E-state index in [0.717, 1.165) is 40.8 Å². The summed E-state index contributed by atoms with van der Waals surface area (Å²) in [5.74, 6) is 0.139. The fraction of sp³-hybridized carbons (Fsp3) is 0.176. The third-order valence-corrected chi connectivity index (χ3v) is 3.99.